The van der Waals surface area contributed by atoms with E-state index < -0.39 is 12.0 Å². The summed E-state index contributed by atoms with van der Waals surface area (Å²) in [7, 11) is 2.01. The number of aliphatic hydroxyl groups is 1. The van der Waals surface area contributed by atoms with Crippen LogP contribution in [0.2, 0.25) is 0 Å². The molecule has 1 aromatic heterocycles. The summed E-state index contributed by atoms with van der Waals surface area (Å²) in [4.78, 5) is 24.4. The number of benzene rings is 3. The summed E-state index contributed by atoms with van der Waals surface area (Å²) < 4.78 is 11.8. The van der Waals surface area contributed by atoms with Gasteiger partial charge < -0.3 is 29.9 Å². The Bertz CT molecular complexity index is 1580. The third-order valence-corrected chi connectivity index (χ3v) is 8.57. The summed E-state index contributed by atoms with van der Waals surface area (Å²) in [6, 6.07) is 20.4. The van der Waals surface area contributed by atoms with Gasteiger partial charge in [-0.1, -0.05) is 73.9 Å². The first-order valence-electron chi connectivity index (χ1n) is 16.2. The number of hydrogen-bond donors (Lipinski definition) is 3. The number of rotatable bonds is 14. The van der Waals surface area contributed by atoms with Crippen LogP contribution in [0, 0.1) is 0 Å². The van der Waals surface area contributed by atoms with E-state index in [9.17, 15) is 15.0 Å². The molecule has 9 nitrogen and oxygen atoms in total. The summed E-state index contributed by atoms with van der Waals surface area (Å²) >= 11 is 0. The molecule has 0 aliphatic heterocycles. The minimum Gasteiger partial charge on any atom is -0.493 e. The van der Waals surface area contributed by atoms with E-state index in [4.69, 9.17) is 19.4 Å². The van der Waals surface area contributed by atoms with Gasteiger partial charge in [0, 0.05) is 31.3 Å². The molecule has 1 atom stereocenters. The van der Waals surface area contributed by atoms with Crippen molar-refractivity contribution in [1.29, 1.82) is 0 Å². The van der Waals surface area contributed by atoms with Gasteiger partial charge in [0.1, 0.15) is 23.4 Å². The van der Waals surface area contributed by atoms with Crippen LogP contribution in [0.1, 0.15) is 57.1 Å². The lowest BCUT2D eigenvalue weighted by atomic mass is 9.95. The molecule has 5 rings (SSSR count). The van der Waals surface area contributed by atoms with Crippen molar-refractivity contribution in [2.45, 2.75) is 71.1 Å². The van der Waals surface area contributed by atoms with E-state index in [0.717, 1.165) is 46.6 Å². The van der Waals surface area contributed by atoms with Gasteiger partial charge in [0.25, 0.3) is 0 Å². The van der Waals surface area contributed by atoms with Gasteiger partial charge in [0.2, 0.25) is 5.95 Å². The normalized spacial score (nSPS) is 14.0. The number of carboxylic acid groups (broad SMARTS) is 1. The molecule has 242 valence electrons. The average Bonchev–Trinajstić information content (AvgIpc) is 3.09. The minimum absolute atomic E-state index is 0.161. The van der Waals surface area contributed by atoms with Crippen LogP contribution < -0.4 is 19.7 Å². The molecule has 4 aromatic rings. The maximum atomic E-state index is 12.7. The number of anilines is 2. The average molecular weight is 625 g/mol. The highest BCUT2D eigenvalue weighted by Crippen LogP contribution is 2.39. The first kappa shape index (κ1) is 32.8. The van der Waals surface area contributed by atoms with E-state index >= 15 is 0 Å². The van der Waals surface area contributed by atoms with Crippen molar-refractivity contribution in [1.82, 2.24) is 9.97 Å². The summed E-state index contributed by atoms with van der Waals surface area (Å²) in [6.45, 7) is 4.78. The summed E-state index contributed by atoms with van der Waals surface area (Å²) in [6.07, 6.45) is 7.69. The first-order valence-corrected chi connectivity index (χ1v) is 16.2. The predicted octanol–water partition coefficient (Wildman–Crippen LogP) is 6.98. The van der Waals surface area contributed by atoms with Crippen molar-refractivity contribution in [3.05, 3.63) is 84.1 Å². The predicted molar refractivity (Wildman–Crippen MR) is 182 cm³/mol. The second-order valence-corrected chi connectivity index (χ2v) is 11.6. The van der Waals surface area contributed by atoms with E-state index in [1.54, 1.807) is 6.20 Å². The molecule has 0 radical (unpaired) electrons. The Balaban J connectivity index is 1.46. The molecular weight excluding hydrogens is 580 g/mol. The number of nitrogens with zero attached hydrogens (tertiary/aromatic N) is 3. The molecule has 0 bridgehead atoms. The van der Waals surface area contributed by atoms with Crippen LogP contribution >= 0.6 is 0 Å². The quantitative estimate of drug-likeness (QED) is 0.137. The zero-order valence-corrected chi connectivity index (χ0v) is 26.9. The number of ether oxygens (including phenoxy) is 2. The van der Waals surface area contributed by atoms with E-state index in [-0.39, 0.29) is 13.0 Å². The zero-order chi connectivity index (χ0) is 32.5. The number of aromatic nitrogens is 2. The highest BCUT2D eigenvalue weighted by Gasteiger charge is 2.25. The Morgan fingerprint density at radius 2 is 1.61 bits per heavy atom. The van der Waals surface area contributed by atoms with Crippen molar-refractivity contribution in [3.63, 3.8) is 0 Å². The van der Waals surface area contributed by atoms with Crippen LogP contribution in [-0.4, -0.2) is 58.5 Å². The lowest BCUT2D eigenvalue weighted by Gasteiger charge is -2.31. The van der Waals surface area contributed by atoms with Crippen molar-refractivity contribution in [3.8, 4) is 33.8 Å². The Morgan fingerprint density at radius 1 is 0.935 bits per heavy atom. The number of aliphatic carboxylic acids is 1. The van der Waals surface area contributed by atoms with Gasteiger partial charge in [-0.2, -0.15) is 4.98 Å². The summed E-state index contributed by atoms with van der Waals surface area (Å²) in [5.41, 5.74) is 4.75. The molecule has 46 heavy (non-hydrogen) atoms. The smallest absolute Gasteiger partial charge is 0.326 e. The zero-order valence-electron chi connectivity index (χ0n) is 26.9. The topological polar surface area (TPSA) is 117 Å². The molecule has 0 spiro atoms. The van der Waals surface area contributed by atoms with Crippen molar-refractivity contribution < 1.29 is 24.5 Å². The molecule has 1 aliphatic rings. The third kappa shape index (κ3) is 7.59. The molecule has 0 amide bonds. The Morgan fingerprint density at radius 3 is 2.24 bits per heavy atom. The minimum atomic E-state index is -0.994. The molecule has 0 saturated heterocycles. The number of nitrogens with one attached hydrogen (secondary N) is 1. The van der Waals surface area contributed by atoms with Crippen LogP contribution in [0.15, 0.2) is 72.9 Å². The Kier molecular flexibility index (Phi) is 11.1. The number of hydrogen-bond acceptors (Lipinski definition) is 8. The second kappa shape index (κ2) is 15.6. The van der Waals surface area contributed by atoms with Gasteiger partial charge in [0.05, 0.1) is 25.4 Å². The van der Waals surface area contributed by atoms with Crippen LogP contribution in [-0.2, 0) is 17.8 Å². The molecule has 3 aromatic carbocycles. The van der Waals surface area contributed by atoms with Gasteiger partial charge >= 0.3 is 5.97 Å². The molecule has 1 heterocycles. The van der Waals surface area contributed by atoms with Gasteiger partial charge in [-0.05, 0) is 61.1 Å². The van der Waals surface area contributed by atoms with Crippen molar-refractivity contribution >= 4 is 17.7 Å². The van der Waals surface area contributed by atoms with E-state index in [1.807, 2.05) is 87.6 Å². The SMILES string of the molecule is CCOc1cccc(OCC)c1-c1ccc(C[C@H](Nc2nc(N(C)C3CCCCC3)ncc2-c2ccccc2CO)C(=O)O)cc1. The molecule has 0 unspecified atom stereocenters. The number of carboxylic acids is 1. The van der Waals surface area contributed by atoms with Gasteiger partial charge in [0.15, 0.2) is 0 Å². The fraction of sp³-hybridized carbons (Fsp3) is 0.378. The lowest BCUT2D eigenvalue weighted by molar-refractivity contribution is -0.137. The maximum Gasteiger partial charge on any atom is 0.326 e. The summed E-state index contributed by atoms with van der Waals surface area (Å²) in [5, 5.41) is 23.7. The number of carbonyl (C=O) groups is 1. The highest BCUT2D eigenvalue weighted by molar-refractivity contribution is 5.83. The van der Waals surface area contributed by atoms with Gasteiger partial charge in [-0.3, -0.25) is 0 Å². The van der Waals surface area contributed by atoms with Gasteiger partial charge in [-0.15, -0.1) is 0 Å². The van der Waals surface area contributed by atoms with Crippen LogP contribution in [0.3, 0.4) is 0 Å². The van der Waals surface area contributed by atoms with Crippen LogP contribution in [0.5, 0.6) is 11.5 Å². The molecular formula is C37H44N4O5. The molecule has 1 saturated carbocycles. The van der Waals surface area contributed by atoms with Crippen LogP contribution in [0.25, 0.3) is 22.3 Å². The molecule has 1 fully saturated rings. The van der Waals surface area contributed by atoms with E-state index in [0.29, 0.717) is 42.1 Å². The fourth-order valence-electron chi connectivity index (χ4n) is 6.16. The monoisotopic (exact) mass is 624 g/mol. The Hall–Kier alpha value is -4.63. The highest BCUT2D eigenvalue weighted by atomic mass is 16.5. The fourth-order valence-corrected chi connectivity index (χ4v) is 6.16. The molecule has 3 N–H and O–H groups in total. The lowest BCUT2D eigenvalue weighted by Crippen LogP contribution is -2.35. The Labute approximate surface area is 271 Å². The van der Waals surface area contributed by atoms with Crippen LogP contribution in [0.4, 0.5) is 11.8 Å². The molecule has 9 heteroatoms. The summed E-state index contributed by atoms with van der Waals surface area (Å²) in [5.74, 6) is 1.45. The van der Waals surface area contributed by atoms with E-state index in [1.165, 1.54) is 19.3 Å². The number of aliphatic hydroxyl groups excluding tert-OH is 1. The first-order chi connectivity index (χ1) is 22.4. The molecule has 1 aliphatic carbocycles. The maximum absolute atomic E-state index is 12.7. The standard InChI is InChI=1S/C37H44N4O5/c1-4-45-32-16-11-17-33(46-5-2)34(32)26-20-18-25(19-21-26)22-31(36(43)44)39-35-30(29-15-10-9-12-27(29)24-42)23-38-37(40-35)41(3)28-13-7-6-8-14-28/h9-12,15-21,23,28,31,42H,4-8,13-14,22,24H2,1-3H3,(H,43,44)(H,38,39,40)/t31-/m0/s1. The van der Waals surface area contributed by atoms with Crippen molar-refractivity contribution in [2.24, 2.45) is 0 Å². The van der Waals surface area contributed by atoms with Crippen molar-refractivity contribution in [2.75, 3.05) is 30.5 Å². The second-order valence-electron chi connectivity index (χ2n) is 11.6. The van der Waals surface area contributed by atoms with E-state index in [2.05, 4.69) is 10.2 Å². The third-order valence-electron chi connectivity index (χ3n) is 8.57. The van der Waals surface area contributed by atoms with Gasteiger partial charge in [-0.25, -0.2) is 9.78 Å². The largest absolute Gasteiger partial charge is 0.493 e.